The third-order valence-electron chi connectivity index (χ3n) is 12.5. The van der Waals surface area contributed by atoms with Crippen molar-refractivity contribution >= 4 is 70.4 Å². The molecule has 9 rings (SSSR count). The Morgan fingerprint density at radius 1 is 0.667 bits per heavy atom. The molecule has 5 aromatic carbocycles. The molecule has 4 aliphatic heterocycles. The van der Waals surface area contributed by atoms with Crippen LogP contribution in [0.3, 0.4) is 0 Å². The van der Waals surface area contributed by atoms with Gasteiger partial charge < -0.3 is 55.5 Å². The third-order valence-corrected chi connectivity index (χ3v) is 12.5. The van der Waals surface area contributed by atoms with Gasteiger partial charge in [0, 0.05) is 54.8 Å². The Bertz CT molecular complexity index is 3050. The van der Waals surface area contributed by atoms with Crippen molar-refractivity contribution in [3.63, 3.8) is 0 Å². The van der Waals surface area contributed by atoms with Crippen LogP contribution in [0.4, 0.5) is 22.7 Å². The summed E-state index contributed by atoms with van der Waals surface area (Å²) >= 11 is 0. The largest absolute Gasteiger partial charge is 0.493 e. The van der Waals surface area contributed by atoms with Gasteiger partial charge in [-0.1, -0.05) is 36.4 Å². The van der Waals surface area contributed by atoms with E-state index in [-0.39, 0.29) is 67.1 Å². The first-order valence-electron chi connectivity index (χ1n) is 23.1. The van der Waals surface area contributed by atoms with Crippen molar-refractivity contribution in [1.82, 2.24) is 21.3 Å². The van der Waals surface area contributed by atoms with Crippen molar-refractivity contribution in [3.8, 4) is 23.0 Å². The lowest BCUT2D eigenvalue weighted by molar-refractivity contribution is -0.137. The summed E-state index contributed by atoms with van der Waals surface area (Å²) in [7, 11) is 2.94. The Balaban J connectivity index is 0.916. The second-order valence-electron chi connectivity index (χ2n) is 17.3. The SMILES string of the molecule is COc1cc2c(cc1OCc1cc(COc3cc4c(cc3OC)C(=O)N3c5ccccc5C[C@H]3CN4)cc(C(=O)NCC(=O)NCC(=O)NCC(=O)NCCC(=O)O)c1)N=C[C@@H]1Cc3ccccc3N1C2=O. The second-order valence-corrected chi connectivity index (χ2v) is 17.3. The van der Waals surface area contributed by atoms with Gasteiger partial charge in [-0.05, 0) is 71.1 Å². The molecule has 4 aliphatic rings. The number of carboxylic acid groups (broad SMARTS) is 1. The molecule has 0 aliphatic carbocycles. The number of nitrogens with zero attached hydrogens (tertiary/aromatic N) is 3. The molecular formula is C52H50N8O12. The van der Waals surface area contributed by atoms with E-state index in [1.165, 1.54) is 14.2 Å². The van der Waals surface area contributed by atoms with Crippen LogP contribution in [0.2, 0.25) is 0 Å². The molecule has 4 heterocycles. The van der Waals surface area contributed by atoms with Crippen molar-refractivity contribution < 1.29 is 57.6 Å². The molecule has 72 heavy (non-hydrogen) atoms. The number of hydrogen-bond donors (Lipinski definition) is 6. The van der Waals surface area contributed by atoms with Crippen LogP contribution in [0.5, 0.6) is 23.0 Å². The van der Waals surface area contributed by atoms with E-state index in [4.69, 9.17) is 29.0 Å². The van der Waals surface area contributed by atoms with Crippen molar-refractivity contribution in [2.75, 3.05) is 62.1 Å². The summed E-state index contributed by atoms with van der Waals surface area (Å²) in [6.45, 7) is -1.20. The van der Waals surface area contributed by atoms with Gasteiger partial charge in [0.1, 0.15) is 13.2 Å². The van der Waals surface area contributed by atoms with Crippen LogP contribution in [0.1, 0.15) is 59.7 Å². The van der Waals surface area contributed by atoms with Gasteiger partial charge in [-0.15, -0.1) is 0 Å². The Hall–Kier alpha value is -8.94. The number of amides is 6. The number of aliphatic carboxylic acids is 1. The van der Waals surface area contributed by atoms with E-state index in [9.17, 15) is 33.6 Å². The summed E-state index contributed by atoms with van der Waals surface area (Å²) in [4.78, 5) is 97.6. The van der Waals surface area contributed by atoms with Gasteiger partial charge in [0.2, 0.25) is 17.7 Å². The number of carbonyl (C=O) groups is 7. The summed E-state index contributed by atoms with van der Waals surface area (Å²) in [6, 6.07) is 26.8. The highest BCUT2D eigenvalue weighted by atomic mass is 16.5. The number of aliphatic imine (C=N–C) groups is 1. The minimum absolute atomic E-state index is 0.0771. The number of anilines is 3. The van der Waals surface area contributed by atoms with E-state index in [0.29, 0.717) is 64.5 Å². The summed E-state index contributed by atoms with van der Waals surface area (Å²) in [5, 5.41) is 21.8. The quantitative estimate of drug-likeness (QED) is 0.0734. The molecule has 370 valence electrons. The van der Waals surface area contributed by atoms with Gasteiger partial charge in [-0.3, -0.25) is 43.5 Å². The van der Waals surface area contributed by atoms with E-state index < -0.39 is 49.2 Å². The standard InChI is InChI=1S/C52H50N8O12/c1-69-42-18-36-38(54-22-34-16-31-7-3-5-9-40(31)59(34)51(36)67)20-44(42)71-27-29-13-30(15-33(14-29)50(66)58-26-48(63)57-25-47(62)56-24-46(61)53-12-11-49(64)65)28-72-45-21-39-37(19-43(45)70-2)52(68)60-35(23-55-39)17-32-8-4-6-10-41(32)60/h3-10,13-15,18-22,34-35,55H,11-12,16-17,23-28H2,1-2H3,(H,53,61)(H,56,62)(H,57,63)(H,58,66)(H,64,65)/t34-,35-/m0/s1. The second kappa shape index (κ2) is 21.0. The van der Waals surface area contributed by atoms with Crippen LogP contribution in [0, 0.1) is 0 Å². The number of hydrogen-bond acceptors (Lipinski definition) is 13. The maximum atomic E-state index is 14.1. The average molecular weight is 979 g/mol. The molecule has 0 bridgehead atoms. The fraction of sp³-hybridized carbons (Fsp3) is 0.269. The summed E-state index contributed by atoms with van der Waals surface area (Å²) in [6.07, 6.45) is 2.82. The molecule has 2 atom stereocenters. The molecule has 0 aromatic heterocycles. The molecule has 0 fully saturated rings. The molecule has 20 heteroatoms. The predicted molar refractivity (Wildman–Crippen MR) is 263 cm³/mol. The van der Waals surface area contributed by atoms with Crippen LogP contribution >= 0.6 is 0 Å². The van der Waals surface area contributed by atoms with E-state index in [2.05, 4.69) is 26.6 Å². The highest BCUT2D eigenvalue weighted by Crippen LogP contribution is 2.43. The van der Waals surface area contributed by atoms with E-state index in [1.807, 2.05) is 53.4 Å². The van der Waals surface area contributed by atoms with Crippen molar-refractivity contribution in [2.45, 2.75) is 44.6 Å². The van der Waals surface area contributed by atoms with Crippen molar-refractivity contribution in [1.29, 1.82) is 0 Å². The number of ether oxygens (including phenoxy) is 4. The van der Waals surface area contributed by atoms with Crippen molar-refractivity contribution in [3.05, 3.63) is 130 Å². The van der Waals surface area contributed by atoms with Crippen LogP contribution in [-0.2, 0) is 45.2 Å². The molecule has 0 unspecified atom stereocenters. The molecule has 5 aromatic rings. The lowest BCUT2D eigenvalue weighted by Gasteiger charge is -2.22. The maximum absolute atomic E-state index is 14.1. The Labute approximate surface area is 412 Å². The monoisotopic (exact) mass is 978 g/mol. The van der Waals surface area contributed by atoms with Crippen molar-refractivity contribution in [2.24, 2.45) is 4.99 Å². The van der Waals surface area contributed by atoms with E-state index >= 15 is 0 Å². The number of para-hydroxylation sites is 2. The molecule has 20 nitrogen and oxygen atoms in total. The maximum Gasteiger partial charge on any atom is 0.305 e. The molecule has 0 saturated carbocycles. The number of rotatable bonds is 18. The van der Waals surface area contributed by atoms with Gasteiger partial charge in [-0.25, -0.2) is 0 Å². The lowest BCUT2D eigenvalue weighted by atomic mass is 10.1. The predicted octanol–water partition coefficient (Wildman–Crippen LogP) is 3.70. The zero-order chi connectivity index (χ0) is 50.5. The van der Waals surface area contributed by atoms with Crippen LogP contribution in [0.25, 0.3) is 0 Å². The highest BCUT2D eigenvalue weighted by Gasteiger charge is 2.39. The lowest BCUT2D eigenvalue weighted by Crippen LogP contribution is -2.44. The minimum Gasteiger partial charge on any atom is -0.493 e. The molecular weight excluding hydrogens is 929 g/mol. The van der Waals surface area contributed by atoms with Gasteiger partial charge in [0.05, 0.1) is 74.9 Å². The van der Waals surface area contributed by atoms with E-state index in [0.717, 1.165) is 22.5 Å². The number of fused-ring (bicyclic) bond motifs is 8. The third kappa shape index (κ3) is 10.3. The first-order chi connectivity index (χ1) is 34.9. The topological polar surface area (TPSA) is 256 Å². The van der Waals surface area contributed by atoms with Gasteiger partial charge >= 0.3 is 5.97 Å². The number of benzene rings is 5. The molecule has 0 spiro atoms. The summed E-state index contributed by atoms with van der Waals surface area (Å²) in [5.41, 5.74) is 6.78. The number of carboxylic acids is 1. The smallest absolute Gasteiger partial charge is 0.305 e. The first kappa shape index (κ1) is 48.1. The summed E-state index contributed by atoms with van der Waals surface area (Å²) in [5.74, 6) is -2.88. The first-order valence-corrected chi connectivity index (χ1v) is 23.1. The van der Waals surface area contributed by atoms with Crippen LogP contribution < -0.4 is 55.3 Å². The number of methoxy groups -OCH3 is 2. The van der Waals surface area contributed by atoms with Gasteiger partial charge in [-0.2, -0.15) is 0 Å². The number of nitrogens with one attached hydrogen (secondary N) is 5. The Morgan fingerprint density at radius 3 is 1.89 bits per heavy atom. The Kier molecular flexibility index (Phi) is 14.0. The fourth-order valence-electron chi connectivity index (χ4n) is 9.10. The zero-order valence-corrected chi connectivity index (χ0v) is 39.2. The zero-order valence-electron chi connectivity index (χ0n) is 39.2. The minimum atomic E-state index is -1.09. The average Bonchev–Trinajstić information content (AvgIpc) is 3.88. The highest BCUT2D eigenvalue weighted by molar-refractivity contribution is 6.15. The molecule has 6 N–H and O–H groups in total. The number of carbonyl (C=O) groups excluding carboxylic acids is 6. The van der Waals surface area contributed by atoms with Crippen LogP contribution in [0.15, 0.2) is 96.0 Å². The normalized spacial score (nSPS) is 15.7. The van der Waals surface area contributed by atoms with Crippen LogP contribution in [-0.4, -0.2) is 112 Å². The fourth-order valence-corrected chi connectivity index (χ4v) is 9.10. The van der Waals surface area contributed by atoms with Gasteiger partial charge in [0.15, 0.2) is 23.0 Å². The molecule has 6 amide bonds. The Morgan fingerprint density at radius 2 is 1.24 bits per heavy atom. The molecule has 0 radical (unpaired) electrons. The molecule has 0 saturated heterocycles. The van der Waals surface area contributed by atoms with Gasteiger partial charge in [0.25, 0.3) is 17.7 Å². The summed E-state index contributed by atoms with van der Waals surface area (Å²) < 4.78 is 24.2. The van der Waals surface area contributed by atoms with E-state index in [1.54, 1.807) is 53.6 Å².